The molecule has 2 aromatic rings. The number of morpholine rings is 1. The summed E-state index contributed by atoms with van der Waals surface area (Å²) in [7, 11) is 1.41. The van der Waals surface area contributed by atoms with Gasteiger partial charge in [-0.05, 0) is 17.7 Å². The summed E-state index contributed by atoms with van der Waals surface area (Å²) in [5, 5.41) is 3.21. The van der Waals surface area contributed by atoms with Crippen molar-refractivity contribution in [2.75, 3.05) is 45.0 Å². The number of halogens is 2. The van der Waals surface area contributed by atoms with Gasteiger partial charge in [-0.3, -0.25) is 5.32 Å². The van der Waals surface area contributed by atoms with E-state index in [1.54, 1.807) is 0 Å². The molecular formula is C20H24Cl2N2O4. The lowest BCUT2D eigenvalue weighted by Crippen LogP contribution is -2.37. The fourth-order valence-electron chi connectivity index (χ4n) is 3.48. The number of methoxy groups -OCH3 is 1. The summed E-state index contributed by atoms with van der Waals surface area (Å²) in [4.78, 5) is 14.4. The van der Waals surface area contributed by atoms with E-state index in [4.69, 9.17) is 14.2 Å². The Labute approximate surface area is 177 Å². The molecule has 0 aromatic heterocycles. The minimum atomic E-state index is -0.325. The van der Waals surface area contributed by atoms with Gasteiger partial charge in [-0.15, -0.1) is 24.8 Å². The van der Waals surface area contributed by atoms with Gasteiger partial charge in [-0.1, -0.05) is 24.3 Å². The SMILES string of the molecule is COC(=O)c1ccc(-c2cccc3c2OCNC3)cc1N1CCOCC1.Cl.Cl. The molecule has 0 atom stereocenters. The number of ether oxygens (including phenoxy) is 3. The highest BCUT2D eigenvalue weighted by Gasteiger charge is 2.22. The molecule has 2 aromatic carbocycles. The monoisotopic (exact) mass is 426 g/mol. The van der Waals surface area contributed by atoms with Gasteiger partial charge in [0.25, 0.3) is 0 Å². The molecule has 152 valence electrons. The Morgan fingerprint density at radius 1 is 1.14 bits per heavy atom. The van der Waals surface area contributed by atoms with Crippen LogP contribution in [0.25, 0.3) is 11.1 Å². The van der Waals surface area contributed by atoms with E-state index in [0.29, 0.717) is 25.5 Å². The zero-order chi connectivity index (χ0) is 17.9. The summed E-state index contributed by atoms with van der Waals surface area (Å²) >= 11 is 0. The molecule has 0 radical (unpaired) electrons. The van der Waals surface area contributed by atoms with Gasteiger partial charge >= 0.3 is 5.97 Å². The van der Waals surface area contributed by atoms with Crippen LogP contribution in [-0.4, -0.2) is 46.1 Å². The third-order valence-electron chi connectivity index (χ3n) is 4.80. The highest BCUT2D eigenvalue weighted by atomic mass is 35.5. The number of fused-ring (bicyclic) bond motifs is 1. The predicted octanol–water partition coefficient (Wildman–Crippen LogP) is 3.26. The average Bonchev–Trinajstić information content (AvgIpc) is 2.73. The first-order valence-corrected chi connectivity index (χ1v) is 8.79. The van der Waals surface area contributed by atoms with E-state index >= 15 is 0 Å². The van der Waals surface area contributed by atoms with Crippen molar-refractivity contribution in [1.29, 1.82) is 0 Å². The number of anilines is 1. The number of nitrogens with one attached hydrogen (secondary N) is 1. The molecular weight excluding hydrogens is 403 g/mol. The van der Waals surface area contributed by atoms with Gasteiger partial charge in [-0.25, -0.2) is 4.79 Å². The summed E-state index contributed by atoms with van der Waals surface area (Å²) < 4.78 is 16.3. The van der Waals surface area contributed by atoms with Crippen molar-refractivity contribution < 1.29 is 19.0 Å². The molecule has 1 fully saturated rings. The first-order valence-electron chi connectivity index (χ1n) is 8.79. The number of carbonyl (C=O) groups is 1. The number of esters is 1. The molecule has 0 spiro atoms. The molecule has 8 heteroatoms. The molecule has 28 heavy (non-hydrogen) atoms. The molecule has 1 saturated heterocycles. The summed E-state index contributed by atoms with van der Waals surface area (Å²) in [6.07, 6.45) is 0. The Kier molecular flexibility index (Phi) is 7.95. The Morgan fingerprint density at radius 2 is 1.93 bits per heavy atom. The van der Waals surface area contributed by atoms with Gasteiger partial charge in [0.15, 0.2) is 0 Å². The maximum absolute atomic E-state index is 12.2. The van der Waals surface area contributed by atoms with Crippen LogP contribution in [0.15, 0.2) is 36.4 Å². The van der Waals surface area contributed by atoms with Crippen molar-refractivity contribution in [2.45, 2.75) is 6.54 Å². The second kappa shape index (κ2) is 9.98. The molecule has 0 saturated carbocycles. The van der Waals surface area contributed by atoms with Crippen LogP contribution < -0.4 is 15.0 Å². The smallest absolute Gasteiger partial charge is 0.339 e. The van der Waals surface area contributed by atoms with Gasteiger partial charge in [0.2, 0.25) is 0 Å². The van der Waals surface area contributed by atoms with Gasteiger partial charge in [0.05, 0.1) is 31.6 Å². The number of hydrogen-bond acceptors (Lipinski definition) is 6. The first-order chi connectivity index (χ1) is 12.8. The van der Waals surface area contributed by atoms with Crippen molar-refractivity contribution in [3.8, 4) is 16.9 Å². The standard InChI is InChI=1S/C20H22N2O4.2ClH/c1-24-20(23)17-6-5-14(11-18(17)22-7-9-25-10-8-22)16-4-2-3-15-12-21-13-26-19(15)16;;/h2-6,11,21H,7-10,12-13H2,1H3;2*1H. The summed E-state index contributed by atoms with van der Waals surface area (Å²) in [5.74, 6) is 0.582. The van der Waals surface area contributed by atoms with Gasteiger partial charge in [-0.2, -0.15) is 0 Å². The maximum atomic E-state index is 12.2. The van der Waals surface area contributed by atoms with E-state index in [2.05, 4.69) is 28.4 Å². The van der Waals surface area contributed by atoms with Crippen molar-refractivity contribution in [3.63, 3.8) is 0 Å². The Hall–Kier alpha value is -1.99. The van der Waals surface area contributed by atoms with Gasteiger partial charge in [0.1, 0.15) is 12.5 Å². The van der Waals surface area contributed by atoms with Crippen LogP contribution in [-0.2, 0) is 16.0 Å². The van der Waals surface area contributed by atoms with E-state index in [1.165, 1.54) is 7.11 Å². The molecule has 6 nitrogen and oxygen atoms in total. The van der Waals surface area contributed by atoms with Crippen LogP contribution in [0.5, 0.6) is 5.75 Å². The molecule has 0 bridgehead atoms. The lowest BCUT2D eigenvalue weighted by molar-refractivity contribution is 0.0600. The topological polar surface area (TPSA) is 60.0 Å². The van der Waals surface area contributed by atoms with Crippen LogP contribution in [0.2, 0.25) is 0 Å². The molecule has 4 rings (SSSR count). The second-order valence-electron chi connectivity index (χ2n) is 6.33. The van der Waals surface area contributed by atoms with Crippen LogP contribution in [0.3, 0.4) is 0 Å². The number of hydrogen-bond donors (Lipinski definition) is 1. The summed E-state index contributed by atoms with van der Waals surface area (Å²) in [5.41, 5.74) is 4.65. The Balaban J connectivity index is 0.00000140. The molecule has 0 amide bonds. The van der Waals surface area contributed by atoms with E-state index in [9.17, 15) is 4.79 Å². The molecule has 2 heterocycles. The molecule has 2 aliphatic rings. The number of carbonyl (C=O) groups excluding carboxylic acids is 1. The maximum Gasteiger partial charge on any atom is 0.339 e. The number of nitrogens with zero attached hydrogens (tertiary/aromatic N) is 1. The van der Waals surface area contributed by atoms with Crippen LogP contribution in [0, 0.1) is 0 Å². The van der Waals surface area contributed by atoms with Crippen molar-refractivity contribution in [1.82, 2.24) is 5.32 Å². The normalized spacial score (nSPS) is 15.4. The lowest BCUT2D eigenvalue weighted by atomic mass is 9.98. The quantitative estimate of drug-likeness (QED) is 0.759. The molecule has 0 aliphatic carbocycles. The van der Waals surface area contributed by atoms with E-state index in [0.717, 1.165) is 47.8 Å². The first kappa shape index (κ1) is 22.3. The third-order valence-corrected chi connectivity index (χ3v) is 4.80. The highest BCUT2D eigenvalue weighted by molar-refractivity contribution is 5.97. The van der Waals surface area contributed by atoms with E-state index < -0.39 is 0 Å². The van der Waals surface area contributed by atoms with Crippen LogP contribution in [0.4, 0.5) is 5.69 Å². The molecule has 1 N–H and O–H groups in total. The summed E-state index contributed by atoms with van der Waals surface area (Å²) in [6, 6.07) is 12.0. The lowest BCUT2D eigenvalue weighted by Gasteiger charge is -2.30. The fourth-order valence-corrected chi connectivity index (χ4v) is 3.48. The molecule has 0 unspecified atom stereocenters. The minimum absolute atomic E-state index is 0. The highest BCUT2D eigenvalue weighted by Crippen LogP contribution is 2.37. The average molecular weight is 427 g/mol. The zero-order valence-electron chi connectivity index (χ0n) is 15.6. The minimum Gasteiger partial charge on any atom is -0.477 e. The van der Waals surface area contributed by atoms with Crippen LogP contribution in [0.1, 0.15) is 15.9 Å². The number of para-hydroxylation sites is 1. The summed E-state index contributed by atoms with van der Waals surface area (Å²) in [6.45, 7) is 4.10. The zero-order valence-corrected chi connectivity index (χ0v) is 17.2. The largest absolute Gasteiger partial charge is 0.477 e. The van der Waals surface area contributed by atoms with E-state index in [1.807, 2.05) is 18.2 Å². The number of benzene rings is 2. The Morgan fingerprint density at radius 3 is 2.68 bits per heavy atom. The second-order valence-corrected chi connectivity index (χ2v) is 6.33. The van der Waals surface area contributed by atoms with E-state index in [-0.39, 0.29) is 30.8 Å². The van der Waals surface area contributed by atoms with Crippen LogP contribution >= 0.6 is 24.8 Å². The van der Waals surface area contributed by atoms with Crippen molar-refractivity contribution >= 4 is 36.5 Å². The third kappa shape index (κ3) is 4.36. The van der Waals surface area contributed by atoms with Gasteiger partial charge in [0, 0.05) is 30.8 Å². The molecule has 2 aliphatic heterocycles. The van der Waals surface area contributed by atoms with Crippen molar-refractivity contribution in [2.24, 2.45) is 0 Å². The Bertz CT molecular complexity index is 826. The number of rotatable bonds is 3. The fraction of sp³-hybridized carbons (Fsp3) is 0.350. The predicted molar refractivity (Wildman–Crippen MR) is 113 cm³/mol. The van der Waals surface area contributed by atoms with Crippen molar-refractivity contribution in [3.05, 3.63) is 47.5 Å². The van der Waals surface area contributed by atoms with Gasteiger partial charge < -0.3 is 19.1 Å².